The summed E-state index contributed by atoms with van der Waals surface area (Å²) in [6.07, 6.45) is 0.0670. The Hall–Kier alpha value is -2.81. The van der Waals surface area contributed by atoms with Crippen LogP contribution in [0.3, 0.4) is 0 Å². The molecule has 134 valence electrons. The number of rotatable bonds is 6. The van der Waals surface area contributed by atoms with Gasteiger partial charge in [0.05, 0.1) is 5.56 Å². The van der Waals surface area contributed by atoms with Crippen LogP contribution in [0.2, 0.25) is 0 Å². The number of benzene rings is 2. The molecule has 0 aliphatic rings. The van der Waals surface area contributed by atoms with Crippen molar-refractivity contribution >= 4 is 21.9 Å². The fourth-order valence-electron chi connectivity index (χ4n) is 2.27. The summed E-state index contributed by atoms with van der Waals surface area (Å²) in [4.78, 5) is 14.9. The van der Waals surface area contributed by atoms with Gasteiger partial charge >= 0.3 is 5.97 Å². The molecular weight excluding hydrogens is 414 g/mol. The fraction of sp³-hybridized carbons (Fsp3) is 0.118. The third kappa shape index (κ3) is 4.42. The van der Waals surface area contributed by atoms with Crippen LogP contribution in [0.4, 0.5) is 8.78 Å². The first-order valence-electron chi connectivity index (χ1n) is 7.33. The number of carbonyl (C=O) groups is 1. The van der Waals surface area contributed by atoms with Crippen LogP contribution in [-0.2, 0) is 11.2 Å². The van der Waals surface area contributed by atoms with Gasteiger partial charge in [0.25, 0.3) is 5.89 Å². The quantitative estimate of drug-likeness (QED) is 0.646. The number of aromatic nitrogens is 2. The van der Waals surface area contributed by atoms with E-state index < -0.39 is 24.2 Å². The third-order valence-electron chi connectivity index (χ3n) is 3.28. The summed E-state index contributed by atoms with van der Waals surface area (Å²) in [5.74, 6) is -1.95. The number of carboxylic acid groups (broad SMARTS) is 1. The average Bonchev–Trinajstić information content (AvgIpc) is 3.00. The number of hydrogen-bond acceptors (Lipinski definition) is 5. The molecule has 3 aromatic rings. The monoisotopic (exact) mass is 424 g/mol. The highest BCUT2D eigenvalue weighted by Crippen LogP contribution is 2.32. The number of hydrogen-bond donors (Lipinski definition) is 1. The van der Waals surface area contributed by atoms with Crippen LogP contribution in [0.25, 0.3) is 11.5 Å². The molecule has 0 saturated heterocycles. The van der Waals surface area contributed by atoms with E-state index >= 15 is 0 Å². The van der Waals surface area contributed by atoms with E-state index in [-0.39, 0.29) is 23.9 Å². The number of ether oxygens (including phenoxy) is 1. The number of aliphatic carboxylic acids is 1. The van der Waals surface area contributed by atoms with Crippen LogP contribution in [0, 0.1) is 11.6 Å². The molecule has 0 saturated carbocycles. The molecule has 26 heavy (non-hydrogen) atoms. The molecule has 0 amide bonds. The minimum absolute atomic E-state index is 0.0670. The predicted molar refractivity (Wildman–Crippen MR) is 89.7 cm³/mol. The average molecular weight is 425 g/mol. The van der Waals surface area contributed by atoms with Gasteiger partial charge in [-0.25, -0.2) is 13.6 Å². The third-order valence-corrected chi connectivity index (χ3v) is 3.77. The van der Waals surface area contributed by atoms with E-state index in [4.69, 9.17) is 14.4 Å². The number of nitrogens with zero attached hydrogens (tertiary/aromatic N) is 2. The topological polar surface area (TPSA) is 85.5 Å². The first kappa shape index (κ1) is 18.0. The summed E-state index contributed by atoms with van der Waals surface area (Å²) in [5, 5.41) is 12.6. The highest BCUT2D eigenvalue weighted by Gasteiger charge is 2.16. The Morgan fingerprint density at radius 2 is 1.92 bits per heavy atom. The Balaban J connectivity index is 1.87. The molecule has 0 unspecified atom stereocenters. The molecule has 0 spiro atoms. The van der Waals surface area contributed by atoms with Gasteiger partial charge in [0, 0.05) is 17.0 Å². The Bertz CT molecular complexity index is 941. The molecule has 0 atom stereocenters. The van der Waals surface area contributed by atoms with Crippen molar-refractivity contribution < 1.29 is 27.9 Å². The van der Waals surface area contributed by atoms with E-state index in [1.165, 1.54) is 12.1 Å². The molecule has 2 aromatic carbocycles. The summed E-state index contributed by atoms with van der Waals surface area (Å²) in [5.41, 5.74) is 0.747. The summed E-state index contributed by atoms with van der Waals surface area (Å²) < 4.78 is 37.7. The molecule has 1 heterocycles. The molecule has 3 rings (SSSR count). The van der Waals surface area contributed by atoms with Crippen molar-refractivity contribution in [2.75, 3.05) is 6.61 Å². The molecule has 0 aliphatic carbocycles. The molecular formula is C17H11BrF2N2O4. The standard InChI is InChI=1S/C17H11BrF2N2O4/c18-10-1-2-14(25-8-16(23)24)13(6-10)17-21-15(22-26-17)5-9-3-11(19)7-12(20)4-9/h1-4,6-7H,5,8H2,(H,23,24). The maximum Gasteiger partial charge on any atom is 0.341 e. The maximum absolute atomic E-state index is 13.3. The zero-order valence-electron chi connectivity index (χ0n) is 13.1. The van der Waals surface area contributed by atoms with Crippen molar-refractivity contribution in [3.05, 3.63) is 63.9 Å². The van der Waals surface area contributed by atoms with Crippen molar-refractivity contribution in [2.45, 2.75) is 6.42 Å². The Kier molecular flexibility index (Phi) is 5.27. The molecule has 6 nitrogen and oxygen atoms in total. The van der Waals surface area contributed by atoms with E-state index in [0.29, 0.717) is 15.6 Å². The lowest BCUT2D eigenvalue weighted by molar-refractivity contribution is -0.139. The second-order valence-corrected chi connectivity index (χ2v) is 6.21. The van der Waals surface area contributed by atoms with Gasteiger partial charge < -0.3 is 14.4 Å². The van der Waals surface area contributed by atoms with Gasteiger partial charge in [-0.3, -0.25) is 0 Å². The zero-order valence-corrected chi connectivity index (χ0v) is 14.7. The SMILES string of the molecule is O=C(O)COc1ccc(Br)cc1-c1nc(Cc2cc(F)cc(F)c2)no1. The Morgan fingerprint density at radius 1 is 1.19 bits per heavy atom. The zero-order chi connectivity index (χ0) is 18.7. The first-order chi connectivity index (χ1) is 12.4. The van der Waals surface area contributed by atoms with Gasteiger partial charge in [0.1, 0.15) is 17.4 Å². The van der Waals surface area contributed by atoms with Gasteiger partial charge in [0.15, 0.2) is 12.4 Å². The molecule has 0 fully saturated rings. The Morgan fingerprint density at radius 3 is 2.62 bits per heavy atom. The normalized spacial score (nSPS) is 10.7. The summed E-state index contributed by atoms with van der Waals surface area (Å²) >= 11 is 3.31. The number of halogens is 3. The minimum atomic E-state index is -1.13. The summed E-state index contributed by atoms with van der Waals surface area (Å²) in [7, 11) is 0. The van der Waals surface area contributed by atoms with Gasteiger partial charge in [-0.15, -0.1) is 0 Å². The van der Waals surface area contributed by atoms with Crippen molar-refractivity contribution in [1.82, 2.24) is 10.1 Å². The molecule has 1 aromatic heterocycles. The van der Waals surface area contributed by atoms with E-state index in [2.05, 4.69) is 26.1 Å². The lowest BCUT2D eigenvalue weighted by Gasteiger charge is -2.07. The highest BCUT2D eigenvalue weighted by molar-refractivity contribution is 9.10. The van der Waals surface area contributed by atoms with Crippen molar-refractivity contribution in [2.24, 2.45) is 0 Å². The lowest BCUT2D eigenvalue weighted by atomic mass is 10.1. The fourth-order valence-corrected chi connectivity index (χ4v) is 2.63. The van der Waals surface area contributed by atoms with E-state index in [1.807, 2.05) is 0 Å². The predicted octanol–water partition coefficient (Wildman–Crippen LogP) is 3.83. The smallest absolute Gasteiger partial charge is 0.341 e. The van der Waals surface area contributed by atoms with Gasteiger partial charge in [-0.1, -0.05) is 21.1 Å². The lowest BCUT2D eigenvalue weighted by Crippen LogP contribution is -2.10. The largest absolute Gasteiger partial charge is 0.481 e. The maximum atomic E-state index is 13.3. The van der Waals surface area contributed by atoms with Crippen molar-refractivity contribution in [3.63, 3.8) is 0 Å². The van der Waals surface area contributed by atoms with Crippen molar-refractivity contribution in [3.8, 4) is 17.2 Å². The van der Waals surface area contributed by atoms with Gasteiger partial charge in [-0.2, -0.15) is 4.98 Å². The molecule has 0 aliphatic heterocycles. The van der Waals surface area contributed by atoms with Gasteiger partial charge in [-0.05, 0) is 35.9 Å². The van der Waals surface area contributed by atoms with Crippen LogP contribution in [0.1, 0.15) is 11.4 Å². The molecule has 9 heteroatoms. The van der Waals surface area contributed by atoms with Crippen LogP contribution in [-0.4, -0.2) is 27.8 Å². The second-order valence-electron chi connectivity index (χ2n) is 5.29. The highest BCUT2D eigenvalue weighted by atomic mass is 79.9. The molecule has 0 bridgehead atoms. The van der Waals surface area contributed by atoms with E-state index in [0.717, 1.165) is 6.07 Å². The Labute approximate surface area is 154 Å². The van der Waals surface area contributed by atoms with Crippen LogP contribution in [0.5, 0.6) is 5.75 Å². The molecule has 1 N–H and O–H groups in total. The summed E-state index contributed by atoms with van der Waals surface area (Å²) in [6.45, 7) is -0.530. The van der Waals surface area contributed by atoms with Gasteiger partial charge in [0.2, 0.25) is 0 Å². The molecule has 0 radical (unpaired) electrons. The second kappa shape index (κ2) is 7.61. The minimum Gasteiger partial charge on any atom is -0.481 e. The van der Waals surface area contributed by atoms with E-state index in [1.54, 1.807) is 18.2 Å². The van der Waals surface area contributed by atoms with Crippen LogP contribution in [0.15, 0.2) is 45.4 Å². The first-order valence-corrected chi connectivity index (χ1v) is 8.12. The van der Waals surface area contributed by atoms with Crippen molar-refractivity contribution in [1.29, 1.82) is 0 Å². The van der Waals surface area contributed by atoms with Crippen LogP contribution < -0.4 is 4.74 Å². The number of carboxylic acids is 1. The van der Waals surface area contributed by atoms with E-state index in [9.17, 15) is 13.6 Å². The van der Waals surface area contributed by atoms with Crippen LogP contribution >= 0.6 is 15.9 Å². The summed E-state index contributed by atoms with van der Waals surface area (Å²) in [6, 6.07) is 8.01.